The minimum Gasteiger partial charge on any atom is -0.337 e. The zero-order valence-electron chi connectivity index (χ0n) is 19.7. The van der Waals surface area contributed by atoms with E-state index in [9.17, 15) is 14.4 Å². The second kappa shape index (κ2) is 9.36. The van der Waals surface area contributed by atoms with Crippen molar-refractivity contribution < 1.29 is 4.79 Å². The van der Waals surface area contributed by atoms with Crippen LogP contribution in [0.5, 0.6) is 0 Å². The molecule has 0 N–H and O–H groups in total. The lowest BCUT2D eigenvalue weighted by atomic mass is 10.1. The van der Waals surface area contributed by atoms with E-state index >= 15 is 0 Å². The van der Waals surface area contributed by atoms with E-state index < -0.39 is 11.2 Å². The fraction of sp³-hybridized carbons (Fsp3) is 0.478. The summed E-state index contributed by atoms with van der Waals surface area (Å²) < 4.78 is 4.28. The number of hydrogen-bond donors (Lipinski definition) is 0. The van der Waals surface area contributed by atoms with Crippen LogP contribution in [0.1, 0.15) is 38.8 Å². The monoisotopic (exact) mass is 457 g/mol. The predicted octanol–water partition coefficient (Wildman–Crippen LogP) is 2.53. The van der Waals surface area contributed by atoms with Gasteiger partial charge in [-0.25, -0.2) is 9.78 Å². The Labute approximate surface area is 191 Å². The first-order valence-electron chi connectivity index (χ1n) is 10.7. The van der Waals surface area contributed by atoms with Crippen molar-refractivity contribution in [3.63, 3.8) is 0 Å². The van der Waals surface area contributed by atoms with Crippen molar-refractivity contribution >= 4 is 28.8 Å². The van der Waals surface area contributed by atoms with Crippen LogP contribution in [0, 0.1) is 6.92 Å². The number of carbonyl (C=O) groups is 1. The number of carbonyl (C=O) groups excluding carboxylic acids is 1. The van der Waals surface area contributed by atoms with Crippen LogP contribution >= 0.6 is 11.8 Å². The molecule has 2 heterocycles. The molecule has 2 aromatic heterocycles. The number of thioether (sulfide) groups is 1. The van der Waals surface area contributed by atoms with Gasteiger partial charge in [0.05, 0.1) is 12.3 Å². The number of amides is 1. The van der Waals surface area contributed by atoms with Gasteiger partial charge in [-0.1, -0.05) is 41.6 Å². The third-order valence-corrected chi connectivity index (χ3v) is 6.46. The van der Waals surface area contributed by atoms with Gasteiger partial charge in [-0.05, 0) is 40.2 Å². The second-order valence-electron chi connectivity index (χ2n) is 8.62. The zero-order chi connectivity index (χ0) is 23.7. The Bertz CT molecular complexity index is 1240. The number of benzene rings is 1. The second-order valence-corrected chi connectivity index (χ2v) is 9.56. The van der Waals surface area contributed by atoms with Crippen LogP contribution in [-0.2, 0) is 25.4 Å². The van der Waals surface area contributed by atoms with Gasteiger partial charge in [-0.15, -0.1) is 0 Å². The van der Waals surface area contributed by atoms with Crippen LogP contribution < -0.4 is 11.2 Å². The highest BCUT2D eigenvalue weighted by atomic mass is 32.2. The van der Waals surface area contributed by atoms with Crippen molar-refractivity contribution in [1.29, 1.82) is 0 Å². The Balaban J connectivity index is 2.08. The van der Waals surface area contributed by atoms with Crippen molar-refractivity contribution in [2.45, 2.75) is 58.4 Å². The molecule has 8 nitrogen and oxygen atoms in total. The van der Waals surface area contributed by atoms with Crippen molar-refractivity contribution in [2.75, 3.05) is 5.75 Å². The van der Waals surface area contributed by atoms with E-state index in [2.05, 4.69) is 4.98 Å². The Kier molecular flexibility index (Phi) is 6.97. The van der Waals surface area contributed by atoms with E-state index in [0.29, 0.717) is 22.9 Å². The van der Waals surface area contributed by atoms with Crippen LogP contribution in [0.2, 0.25) is 0 Å². The summed E-state index contributed by atoms with van der Waals surface area (Å²) in [5.74, 6) is 0.206. The van der Waals surface area contributed by atoms with Gasteiger partial charge in [-0.3, -0.25) is 18.7 Å². The van der Waals surface area contributed by atoms with E-state index in [-0.39, 0.29) is 23.7 Å². The molecule has 1 aromatic carbocycles. The van der Waals surface area contributed by atoms with Crippen LogP contribution in [0.15, 0.2) is 39.0 Å². The molecule has 9 heteroatoms. The number of aromatic nitrogens is 4. The Morgan fingerprint density at radius 3 is 2.19 bits per heavy atom. The van der Waals surface area contributed by atoms with Gasteiger partial charge in [0.25, 0.3) is 5.56 Å². The fourth-order valence-corrected chi connectivity index (χ4v) is 4.80. The lowest BCUT2D eigenvalue weighted by Gasteiger charge is -2.30. The van der Waals surface area contributed by atoms with E-state index in [1.807, 2.05) is 68.4 Å². The molecule has 3 rings (SSSR count). The summed E-state index contributed by atoms with van der Waals surface area (Å²) in [5, 5.41) is 0.541. The third-order valence-electron chi connectivity index (χ3n) is 5.50. The average molecular weight is 458 g/mol. The maximum Gasteiger partial charge on any atom is 0.332 e. The summed E-state index contributed by atoms with van der Waals surface area (Å²) in [6.07, 6.45) is 0. The van der Waals surface area contributed by atoms with Crippen LogP contribution in [0.3, 0.4) is 0 Å². The SMILES string of the molecule is Cc1ccc(Cn2c(SCC(=O)N(C(C)C)C(C)C)nc3c2c(=O)n(C)c(=O)n3C)cc1. The first-order chi connectivity index (χ1) is 15.0. The van der Waals surface area contributed by atoms with Gasteiger partial charge in [0, 0.05) is 26.2 Å². The highest BCUT2D eigenvalue weighted by Gasteiger charge is 2.23. The highest BCUT2D eigenvalue weighted by molar-refractivity contribution is 7.99. The first-order valence-corrected chi connectivity index (χ1v) is 11.7. The van der Waals surface area contributed by atoms with E-state index in [1.54, 1.807) is 7.05 Å². The Morgan fingerprint density at radius 2 is 1.62 bits per heavy atom. The number of aryl methyl sites for hydroxylation is 2. The minimum atomic E-state index is -0.430. The van der Waals surface area contributed by atoms with Crippen molar-refractivity contribution in [2.24, 2.45) is 14.1 Å². The molecule has 0 saturated carbocycles. The van der Waals surface area contributed by atoms with E-state index in [1.165, 1.54) is 23.4 Å². The number of rotatable bonds is 7. The van der Waals surface area contributed by atoms with Crippen molar-refractivity contribution in [1.82, 2.24) is 23.6 Å². The number of imidazole rings is 1. The van der Waals surface area contributed by atoms with Gasteiger partial charge in [0.15, 0.2) is 16.3 Å². The molecule has 0 saturated heterocycles. The van der Waals surface area contributed by atoms with Crippen molar-refractivity contribution in [3.05, 3.63) is 56.2 Å². The lowest BCUT2D eigenvalue weighted by molar-refractivity contribution is -0.131. The highest BCUT2D eigenvalue weighted by Crippen LogP contribution is 2.24. The molecule has 0 fully saturated rings. The summed E-state index contributed by atoms with van der Waals surface area (Å²) in [6, 6.07) is 8.22. The summed E-state index contributed by atoms with van der Waals surface area (Å²) in [5.41, 5.74) is 2.00. The average Bonchev–Trinajstić information content (AvgIpc) is 3.08. The number of fused-ring (bicyclic) bond motifs is 1. The summed E-state index contributed by atoms with van der Waals surface area (Å²) in [7, 11) is 3.07. The van der Waals surface area contributed by atoms with Gasteiger partial charge in [-0.2, -0.15) is 0 Å². The predicted molar refractivity (Wildman–Crippen MR) is 128 cm³/mol. The molecule has 0 spiro atoms. The van der Waals surface area contributed by atoms with Gasteiger partial charge < -0.3 is 9.47 Å². The lowest BCUT2D eigenvalue weighted by Crippen LogP contribution is -2.43. The maximum absolute atomic E-state index is 13.0. The molecule has 1 amide bonds. The summed E-state index contributed by atoms with van der Waals surface area (Å²) >= 11 is 1.29. The first kappa shape index (κ1) is 23.8. The smallest absolute Gasteiger partial charge is 0.332 e. The topological polar surface area (TPSA) is 82.1 Å². The van der Waals surface area contributed by atoms with Crippen molar-refractivity contribution in [3.8, 4) is 0 Å². The molecule has 172 valence electrons. The van der Waals surface area contributed by atoms with Gasteiger partial charge in [0.1, 0.15) is 0 Å². The normalized spacial score (nSPS) is 11.7. The van der Waals surface area contributed by atoms with E-state index in [0.717, 1.165) is 15.7 Å². The molecule has 3 aromatic rings. The molecule has 0 atom stereocenters. The quantitative estimate of drug-likeness (QED) is 0.509. The Hall–Kier alpha value is -2.81. The maximum atomic E-state index is 13.0. The van der Waals surface area contributed by atoms with Gasteiger partial charge in [0.2, 0.25) is 5.91 Å². The summed E-state index contributed by atoms with van der Waals surface area (Å²) in [6.45, 7) is 10.4. The number of hydrogen-bond acceptors (Lipinski definition) is 5. The summed E-state index contributed by atoms with van der Waals surface area (Å²) in [4.78, 5) is 44.8. The molecule has 0 radical (unpaired) electrons. The largest absolute Gasteiger partial charge is 0.337 e. The molecule has 0 aliphatic carbocycles. The number of nitrogens with zero attached hydrogens (tertiary/aromatic N) is 5. The third kappa shape index (κ3) is 4.53. The zero-order valence-corrected chi connectivity index (χ0v) is 20.6. The van der Waals surface area contributed by atoms with E-state index in [4.69, 9.17) is 0 Å². The molecular formula is C23H31N5O3S. The molecule has 32 heavy (non-hydrogen) atoms. The van der Waals surface area contributed by atoms with Crippen LogP contribution in [0.4, 0.5) is 0 Å². The molecular weight excluding hydrogens is 426 g/mol. The molecule has 0 unspecified atom stereocenters. The molecule has 0 aliphatic rings. The molecule has 0 aliphatic heterocycles. The van der Waals surface area contributed by atoms with Gasteiger partial charge >= 0.3 is 5.69 Å². The Morgan fingerprint density at radius 1 is 1.03 bits per heavy atom. The standard InChI is InChI=1S/C23H31N5O3S/c1-14(2)28(15(3)4)18(29)13-32-22-24-20-19(21(30)26(7)23(31)25(20)6)27(22)12-17-10-8-16(5)9-11-17/h8-11,14-15H,12-13H2,1-7H3. The van der Waals surface area contributed by atoms with Crippen LogP contribution in [-0.4, -0.2) is 47.3 Å². The van der Waals surface area contributed by atoms with Crippen LogP contribution in [0.25, 0.3) is 11.2 Å². The minimum absolute atomic E-state index is 0.00994. The molecule has 0 bridgehead atoms. The fourth-order valence-electron chi connectivity index (χ4n) is 3.93.